The van der Waals surface area contributed by atoms with E-state index in [0.717, 1.165) is 11.5 Å². The van der Waals surface area contributed by atoms with Crippen LogP contribution in [-0.4, -0.2) is 18.8 Å². The first-order valence-electron chi connectivity index (χ1n) is 3.01. The van der Waals surface area contributed by atoms with Gasteiger partial charge in [0.05, 0.1) is 10.8 Å². The van der Waals surface area contributed by atoms with Crippen molar-refractivity contribution in [3.05, 3.63) is 5.28 Å². The normalized spacial score (nSPS) is 13.8. The van der Waals surface area contributed by atoms with Gasteiger partial charge in [-0.1, -0.05) is 13.8 Å². The van der Waals surface area contributed by atoms with E-state index in [9.17, 15) is 4.21 Å². The van der Waals surface area contributed by atoms with Crippen LogP contribution < -0.4 is 0 Å². The van der Waals surface area contributed by atoms with Crippen molar-refractivity contribution in [2.75, 3.05) is 0 Å². The van der Waals surface area contributed by atoms with Gasteiger partial charge in [0.25, 0.3) is 0 Å². The van der Waals surface area contributed by atoms with Gasteiger partial charge in [-0.15, -0.1) is 0 Å². The van der Waals surface area contributed by atoms with Gasteiger partial charge in [-0.2, -0.15) is 9.36 Å². The monoisotopic (exact) mass is 210 g/mol. The second-order valence-electron chi connectivity index (χ2n) is 2.18. The summed E-state index contributed by atoms with van der Waals surface area (Å²) in [6.07, 6.45) is 0. The number of nitrogens with zero attached hydrogens (tertiary/aromatic N) is 2. The molecular formula is C5H7ClN2OS2. The molecule has 62 valence electrons. The second-order valence-corrected chi connectivity index (χ2v) is 5.45. The predicted molar refractivity (Wildman–Crippen MR) is 46.5 cm³/mol. The molecule has 1 heterocycles. The zero-order valence-corrected chi connectivity index (χ0v) is 8.46. The van der Waals surface area contributed by atoms with E-state index in [1.54, 1.807) is 0 Å². The van der Waals surface area contributed by atoms with Gasteiger partial charge in [-0.05, 0) is 23.1 Å². The summed E-state index contributed by atoms with van der Waals surface area (Å²) in [6, 6.07) is 0. The fourth-order valence-corrected chi connectivity index (χ4v) is 2.65. The van der Waals surface area contributed by atoms with Gasteiger partial charge >= 0.3 is 0 Å². The zero-order chi connectivity index (χ0) is 8.43. The molecule has 1 aromatic heterocycles. The average molecular weight is 211 g/mol. The lowest BCUT2D eigenvalue weighted by molar-refractivity contribution is 0.676. The predicted octanol–water partition coefficient (Wildman–Crippen LogP) is 1.71. The lowest BCUT2D eigenvalue weighted by atomic mass is 10.6. The van der Waals surface area contributed by atoms with Crippen LogP contribution in [0.5, 0.6) is 0 Å². The first kappa shape index (κ1) is 9.09. The molecule has 0 bridgehead atoms. The van der Waals surface area contributed by atoms with Crippen molar-refractivity contribution in [3.8, 4) is 0 Å². The molecule has 0 saturated heterocycles. The van der Waals surface area contributed by atoms with Crippen LogP contribution in [0.2, 0.25) is 5.28 Å². The molecule has 6 heteroatoms. The van der Waals surface area contributed by atoms with Gasteiger partial charge in [-0.3, -0.25) is 4.21 Å². The van der Waals surface area contributed by atoms with Gasteiger partial charge in [0.15, 0.2) is 0 Å². The molecule has 0 aliphatic carbocycles. The van der Waals surface area contributed by atoms with Crippen molar-refractivity contribution in [2.24, 2.45) is 0 Å². The SMILES string of the molecule is CC(C)S(=O)c1nc(Cl)ns1. The molecular weight excluding hydrogens is 204 g/mol. The van der Waals surface area contributed by atoms with E-state index in [1.807, 2.05) is 13.8 Å². The number of hydrogen-bond acceptors (Lipinski definition) is 4. The summed E-state index contributed by atoms with van der Waals surface area (Å²) in [6.45, 7) is 3.73. The van der Waals surface area contributed by atoms with E-state index in [1.165, 1.54) is 0 Å². The zero-order valence-electron chi connectivity index (χ0n) is 6.07. The largest absolute Gasteiger partial charge is 0.252 e. The van der Waals surface area contributed by atoms with Crippen molar-refractivity contribution < 1.29 is 4.21 Å². The van der Waals surface area contributed by atoms with Gasteiger partial charge in [0, 0.05) is 5.25 Å². The highest BCUT2D eigenvalue weighted by Gasteiger charge is 2.12. The number of halogens is 1. The van der Waals surface area contributed by atoms with Crippen molar-refractivity contribution in [1.82, 2.24) is 9.36 Å². The van der Waals surface area contributed by atoms with Gasteiger partial charge in [0.1, 0.15) is 0 Å². The highest BCUT2D eigenvalue weighted by molar-refractivity contribution is 7.87. The van der Waals surface area contributed by atoms with E-state index in [2.05, 4.69) is 9.36 Å². The molecule has 1 atom stereocenters. The first-order valence-corrected chi connectivity index (χ1v) is 5.37. The fraction of sp³-hybridized carbons (Fsp3) is 0.600. The summed E-state index contributed by atoms with van der Waals surface area (Å²) in [5, 5.41) is 0.248. The number of hydrogen-bond donors (Lipinski definition) is 0. The number of rotatable bonds is 2. The van der Waals surface area contributed by atoms with E-state index in [0.29, 0.717) is 4.34 Å². The average Bonchev–Trinajstić information content (AvgIpc) is 2.34. The summed E-state index contributed by atoms with van der Waals surface area (Å²) in [4.78, 5) is 3.80. The molecule has 1 rings (SSSR count). The topological polar surface area (TPSA) is 42.9 Å². The Hall–Kier alpha value is -0.0000000000000000833. The highest BCUT2D eigenvalue weighted by Crippen LogP contribution is 2.15. The van der Waals surface area contributed by atoms with Gasteiger partial charge in [-0.25, -0.2) is 0 Å². The van der Waals surface area contributed by atoms with Crippen LogP contribution in [0.1, 0.15) is 13.8 Å². The van der Waals surface area contributed by atoms with Crippen LogP contribution in [0.25, 0.3) is 0 Å². The van der Waals surface area contributed by atoms with Gasteiger partial charge in [0.2, 0.25) is 9.62 Å². The molecule has 0 fully saturated rings. The standard InChI is InChI=1S/C5H7ClN2OS2/c1-3(2)11(9)5-7-4(6)8-10-5/h3H,1-2H3. The minimum atomic E-state index is -1.05. The summed E-state index contributed by atoms with van der Waals surface area (Å²) < 4.78 is 15.5. The fourth-order valence-electron chi connectivity index (χ4n) is 0.476. The molecule has 0 amide bonds. The Morgan fingerprint density at radius 1 is 1.64 bits per heavy atom. The Bertz CT molecular complexity index is 273. The molecule has 0 aromatic carbocycles. The third-order valence-corrected chi connectivity index (χ3v) is 3.77. The van der Waals surface area contributed by atoms with Crippen molar-refractivity contribution >= 4 is 33.9 Å². The Morgan fingerprint density at radius 3 is 2.64 bits per heavy atom. The van der Waals surface area contributed by atoms with E-state index in [4.69, 9.17) is 11.6 Å². The molecule has 1 unspecified atom stereocenters. The van der Waals surface area contributed by atoms with E-state index >= 15 is 0 Å². The maximum absolute atomic E-state index is 11.3. The summed E-state index contributed by atoms with van der Waals surface area (Å²) >= 11 is 6.56. The Morgan fingerprint density at radius 2 is 2.27 bits per heavy atom. The molecule has 0 aliphatic rings. The lowest BCUT2D eigenvalue weighted by Crippen LogP contribution is -2.04. The minimum absolute atomic E-state index is 0.0685. The Labute approximate surface area is 76.4 Å². The first-order chi connectivity index (χ1) is 5.11. The Balaban J connectivity index is 2.85. The maximum atomic E-state index is 11.3. The quantitative estimate of drug-likeness (QED) is 0.747. The van der Waals surface area contributed by atoms with Crippen LogP contribution in [0.4, 0.5) is 0 Å². The molecule has 0 spiro atoms. The summed E-state index contributed by atoms with van der Waals surface area (Å²) in [7, 11) is -1.05. The molecule has 0 saturated carbocycles. The molecule has 0 radical (unpaired) electrons. The minimum Gasteiger partial charge on any atom is -0.252 e. The van der Waals surface area contributed by atoms with Crippen molar-refractivity contribution in [2.45, 2.75) is 23.4 Å². The third kappa shape index (κ3) is 2.21. The molecule has 1 aromatic rings. The van der Waals surface area contributed by atoms with Gasteiger partial charge < -0.3 is 0 Å². The number of aromatic nitrogens is 2. The van der Waals surface area contributed by atoms with E-state index < -0.39 is 10.8 Å². The summed E-state index contributed by atoms with van der Waals surface area (Å²) in [5.41, 5.74) is 0. The van der Waals surface area contributed by atoms with Crippen LogP contribution >= 0.6 is 23.1 Å². The van der Waals surface area contributed by atoms with Crippen LogP contribution in [0.3, 0.4) is 0 Å². The smallest absolute Gasteiger partial charge is 0.235 e. The highest BCUT2D eigenvalue weighted by atomic mass is 35.5. The molecule has 11 heavy (non-hydrogen) atoms. The van der Waals surface area contributed by atoms with Crippen LogP contribution in [-0.2, 0) is 10.8 Å². The third-order valence-electron chi connectivity index (χ3n) is 0.983. The maximum Gasteiger partial charge on any atom is 0.235 e. The van der Waals surface area contributed by atoms with E-state index in [-0.39, 0.29) is 10.5 Å². The molecule has 0 aliphatic heterocycles. The van der Waals surface area contributed by atoms with Crippen LogP contribution in [0.15, 0.2) is 4.34 Å². The lowest BCUT2D eigenvalue weighted by Gasteiger charge is -1.97. The molecule has 3 nitrogen and oxygen atoms in total. The van der Waals surface area contributed by atoms with Crippen molar-refractivity contribution in [3.63, 3.8) is 0 Å². The van der Waals surface area contributed by atoms with Crippen molar-refractivity contribution in [1.29, 1.82) is 0 Å². The van der Waals surface area contributed by atoms with Crippen LogP contribution in [0, 0.1) is 0 Å². The second kappa shape index (κ2) is 3.60. The summed E-state index contributed by atoms with van der Waals surface area (Å²) in [5.74, 6) is 0. The Kier molecular flexibility index (Phi) is 2.98. The molecule has 0 N–H and O–H groups in total.